The molecule has 1 fully saturated rings. The summed E-state index contributed by atoms with van der Waals surface area (Å²) in [7, 11) is -3.96. The number of aromatic nitrogens is 5. The van der Waals surface area contributed by atoms with Crippen LogP contribution in [0, 0.1) is 0 Å². The van der Waals surface area contributed by atoms with Crippen LogP contribution < -0.4 is 15.8 Å². The van der Waals surface area contributed by atoms with Crippen LogP contribution in [0.15, 0.2) is 66.0 Å². The minimum atomic E-state index is -3.96. The van der Waals surface area contributed by atoms with E-state index in [0.717, 1.165) is 59.8 Å². The molecule has 0 spiro atoms. The zero-order valence-corrected chi connectivity index (χ0v) is 23.5. The summed E-state index contributed by atoms with van der Waals surface area (Å²) in [5.74, 6) is 0.784. The van der Waals surface area contributed by atoms with Crippen molar-refractivity contribution in [3.63, 3.8) is 0 Å². The average molecular weight is 577 g/mol. The van der Waals surface area contributed by atoms with E-state index in [0.29, 0.717) is 17.5 Å². The van der Waals surface area contributed by atoms with E-state index < -0.39 is 10.0 Å². The number of anilines is 2. The Morgan fingerprint density at radius 3 is 2.65 bits per heavy atom. The lowest BCUT2D eigenvalue weighted by molar-refractivity contribution is 0.410. The van der Waals surface area contributed by atoms with Crippen LogP contribution in [0.25, 0.3) is 27.7 Å². The first-order valence-electron chi connectivity index (χ1n) is 13.2. The second-order valence-corrected chi connectivity index (χ2v) is 12.1. The Labute approximate surface area is 237 Å². The second kappa shape index (κ2) is 10.6. The lowest BCUT2D eigenvalue weighted by Gasteiger charge is -2.26. The molecule has 2 aromatic carbocycles. The van der Waals surface area contributed by atoms with Crippen LogP contribution in [0.1, 0.15) is 38.2 Å². The third kappa shape index (κ3) is 5.07. The number of nitrogens with zero attached hydrogens (tertiary/aromatic N) is 5. The van der Waals surface area contributed by atoms with Gasteiger partial charge in [-0.2, -0.15) is 5.10 Å². The van der Waals surface area contributed by atoms with Crippen LogP contribution in [0.5, 0.6) is 0 Å². The molecular weight excluding hydrogens is 548 g/mol. The Hall–Kier alpha value is -3.80. The average Bonchev–Trinajstić information content (AvgIpc) is 3.39. The van der Waals surface area contributed by atoms with Gasteiger partial charge >= 0.3 is 0 Å². The largest absolute Gasteiger partial charge is 0.351 e. The van der Waals surface area contributed by atoms with Crippen molar-refractivity contribution in [1.82, 2.24) is 24.6 Å². The Balaban J connectivity index is 1.34. The molecule has 40 heavy (non-hydrogen) atoms. The number of halogens is 1. The summed E-state index contributed by atoms with van der Waals surface area (Å²) in [4.78, 5) is 13.6. The van der Waals surface area contributed by atoms with Gasteiger partial charge in [-0.3, -0.25) is 4.72 Å². The number of nitrogens with one attached hydrogen (secondary N) is 2. The van der Waals surface area contributed by atoms with Crippen molar-refractivity contribution in [1.29, 1.82) is 0 Å². The molecule has 1 aliphatic carbocycles. The van der Waals surface area contributed by atoms with E-state index >= 15 is 0 Å². The Morgan fingerprint density at radius 1 is 1.07 bits per heavy atom. The molecule has 4 N–H and O–H groups in total. The standard InChI is InChI=1S/C28H29ClN8O2S/c1-2-17-13-18(14-19-15-31-28(35-26(17)19)34-21-9-7-20(30)8-10-21)23-11-12-24-27(32-16-33-37(23)24)36-40(38,39)25-6-4-3-5-22(25)29/h3-6,11-16,20-21H,2,7-10,30H2,1H3,(H,31,34,35)(H,32,33,36)/t20-,21-. The van der Waals surface area contributed by atoms with Crippen LogP contribution in [0.4, 0.5) is 11.8 Å². The lowest BCUT2D eigenvalue weighted by atomic mass is 9.92. The maximum absolute atomic E-state index is 13.1. The van der Waals surface area contributed by atoms with Gasteiger partial charge in [-0.05, 0) is 74.1 Å². The molecule has 0 bridgehead atoms. The predicted octanol–water partition coefficient (Wildman–Crippen LogP) is 5.04. The number of hydrogen-bond donors (Lipinski definition) is 3. The summed E-state index contributed by atoms with van der Waals surface area (Å²) in [5.41, 5.74) is 10.2. The summed E-state index contributed by atoms with van der Waals surface area (Å²) >= 11 is 6.14. The number of sulfonamides is 1. The van der Waals surface area contributed by atoms with E-state index in [2.05, 4.69) is 38.1 Å². The SMILES string of the molecule is CCc1cc(-c2ccc3c(NS(=O)(=O)c4ccccc4Cl)ncnn23)cc2cnc(N[C@H]3CC[C@H](N)CC3)nc12. The van der Waals surface area contributed by atoms with Gasteiger partial charge in [0.05, 0.1) is 16.2 Å². The van der Waals surface area contributed by atoms with Crippen LogP contribution in [-0.2, 0) is 16.4 Å². The van der Waals surface area contributed by atoms with Crippen LogP contribution in [0.3, 0.4) is 0 Å². The molecule has 0 unspecified atom stereocenters. The molecule has 5 aromatic rings. The van der Waals surface area contributed by atoms with Gasteiger partial charge in [0, 0.05) is 29.2 Å². The highest BCUT2D eigenvalue weighted by Crippen LogP contribution is 2.31. The molecule has 12 heteroatoms. The van der Waals surface area contributed by atoms with Crippen molar-refractivity contribution in [2.75, 3.05) is 10.0 Å². The van der Waals surface area contributed by atoms with Gasteiger partial charge in [-0.25, -0.2) is 27.9 Å². The van der Waals surface area contributed by atoms with Gasteiger partial charge in [0.2, 0.25) is 5.95 Å². The highest BCUT2D eigenvalue weighted by atomic mass is 35.5. The van der Waals surface area contributed by atoms with E-state index in [1.165, 1.54) is 18.5 Å². The molecule has 6 rings (SSSR count). The molecule has 206 valence electrons. The molecule has 0 amide bonds. The molecule has 0 saturated heterocycles. The maximum Gasteiger partial charge on any atom is 0.264 e. The highest BCUT2D eigenvalue weighted by molar-refractivity contribution is 7.92. The molecule has 0 radical (unpaired) electrons. The molecule has 3 heterocycles. The molecule has 0 atom stereocenters. The van der Waals surface area contributed by atoms with Crippen LogP contribution in [0.2, 0.25) is 5.02 Å². The van der Waals surface area contributed by atoms with Gasteiger partial charge in [-0.1, -0.05) is 30.7 Å². The molecule has 1 saturated carbocycles. The topological polar surface area (TPSA) is 140 Å². The van der Waals surface area contributed by atoms with Gasteiger partial charge in [-0.15, -0.1) is 0 Å². The number of aryl methyl sites for hydroxylation is 1. The minimum absolute atomic E-state index is 0.0248. The fourth-order valence-corrected chi connectivity index (χ4v) is 6.77. The van der Waals surface area contributed by atoms with Crippen molar-refractivity contribution < 1.29 is 8.42 Å². The van der Waals surface area contributed by atoms with E-state index in [1.807, 2.05) is 18.3 Å². The lowest BCUT2D eigenvalue weighted by Crippen LogP contribution is -2.33. The van der Waals surface area contributed by atoms with Crippen molar-refractivity contribution >= 4 is 49.8 Å². The van der Waals surface area contributed by atoms with E-state index in [4.69, 9.17) is 22.3 Å². The van der Waals surface area contributed by atoms with Crippen molar-refractivity contribution in [3.05, 3.63) is 71.6 Å². The maximum atomic E-state index is 13.1. The zero-order chi connectivity index (χ0) is 27.9. The molecule has 1 aliphatic rings. The minimum Gasteiger partial charge on any atom is -0.351 e. The first-order chi connectivity index (χ1) is 19.3. The van der Waals surface area contributed by atoms with Gasteiger partial charge in [0.25, 0.3) is 10.0 Å². The Morgan fingerprint density at radius 2 is 1.88 bits per heavy atom. The van der Waals surface area contributed by atoms with Gasteiger partial charge in [0.15, 0.2) is 5.82 Å². The Bertz CT molecular complexity index is 1820. The fourth-order valence-electron chi connectivity index (χ4n) is 5.23. The summed E-state index contributed by atoms with van der Waals surface area (Å²) in [6.45, 7) is 2.09. The monoisotopic (exact) mass is 576 g/mol. The zero-order valence-electron chi connectivity index (χ0n) is 21.9. The Kier molecular flexibility index (Phi) is 7.03. The molecular formula is C28H29ClN8O2S. The number of fused-ring (bicyclic) bond motifs is 2. The van der Waals surface area contributed by atoms with Gasteiger partial charge < -0.3 is 11.1 Å². The van der Waals surface area contributed by atoms with E-state index in [-0.39, 0.29) is 21.8 Å². The molecule has 3 aromatic heterocycles. The highest BCUT2D eigenvalue weighted by Gasteiger charge is 2.22. The summed E-state index contributed by atoms with van der Waals surface area (Å²) < 4.78 is 30.3. The smallest absolute Gasteiger partial charge is 0.264 e. The molecule has 0 aliphatic heterocycles. The first-order valence-corrected chi connectivity index (χ1v) is 15.1. The number of hydrogen-bond acceptors (Lipinski definition) is 8. The molecule has 10 nitrogen and oxygen atoms in total. The van der Waals surface area contributed by atoms with Gasteiger partial charge in [0.1, 0.15) is 16.7 Å². The number of nitrogens with two attached hydrogens (primary N) is 1. The normalized spacial score (nSPS) is 17.8. The quantitative estimate of drug-likeness (QED) is 0.245. The van der Waals surface area contributed by atoms with Crippen LogP contribution >= 0.6 is 11.6 Å². The summed E-state index contributed by atoms with van der Waals surface area (Å²) in [6, 6.07) is 14.7. The third-order valence-electron chi connectivity index (χ3n) is 7.35. The van der Waals surface area contributed by atoms with E-state index in [9.17, 15) is 8.42 Å². The van der Waals surface area contributed by atoms with Crippen molar-refractivity contribution in [2.45, 2.75) is 56.0 Å². The first kappa shape index (κ1) is 26.4. The third-order valence-corrected chi connectivity index (χ3v) is 9.19. The van der Waals surface area contributed by atoms with Crippen molar-refractivity contribution in [3.8, 4) is 11.3 Å². The van der Waals surface area contributed by atoms with Crippen molar-refractivity contribution in [2.24, 2.45) is 5.73 Å². The van der Waals surface area contributed by atoms with Crippen LogP contribution in [-0.4, -0.2) is 45.1 Å². The number of benzene rings is 2. The van der Waals surface area contributed by atoms with E-state index in [1.54, 1.807) is 22.7 Å². The predicted molar refractivity (Wildman–Crippen MR) is 157 cm³/mol. The number of rotatable bonds is 7. The second-order valence-electron chi connectivity index (χ2n) is 10.0. The summed E-state index contributed by atoms with van der Waals surface area (Å²) in [6.07, 6.45) is 7.99. The summed E-state index contributed by atoms with van der Waals surface area (Å²) in [5, 5.41) is 8.94. The fraction of sp³-hybridized carbons (Fsp3) is 0.286.